The van der Waals surface area contributed by atoms with Gasteiger partial charge in [0, 0.05) is 20.0 Å². The first kappa shape index (κ1) is 18.4. The van der Waals surface area contributed by atoms with Crippen LogP contribution in [-0.2, 0) is 14.4 Å². The van der Waals surface area contributed by atoms with E-state index in [-0.39, 0.29) is 30.8 Å². The molecule has 3 N–H and O–H groups in total. The summed E-state index contributed by atoms with van der Waals surface area (Å²) in [4.78, 5) is 34.8. The van der Waals surface area contributed by atoms with Gasteiger partial charge in [0.1, 0.15) is 0 Å². The van der Waals surface area contributed by atoms with Crippen molar-refractivity contribution in [1.82, 2.24) is 15.5 Å². The second-order valence-corrected chi connectivity index (χ2v) is 4.89. The number of unbranched alkanes of at least 4 members (excludes halogenated alkanes) is 1. The highest BCUT2D eigenvalue weighted by Crippen LogP contribution is 2.06. The smallest absolute Gasteiger partial charge is 0.305 e. The number of hydrogen-bond donors (Lipinski definition) is 3. The highest BCUT2D eigenvalue weighted by molar-refractivity contribution is 5.82. The van der Waals surface area contributed by atoms with E-state index < -0.39 is 5.97 Å². The third-order valence-corrected chi connectivity index (χ3v) is 2.84. The topological polar surface area (TPSA) is 98.7 Å². The fraction of sp³-hybridized carbons (Fsp3) is 0.769. The van der Waals surface area contributed by atoms with Gasteiger partial charge in [-0.3, -0.25) is 19.3 Å². The zero-order chi connectivity index (χ0) is 15.5. The molecule has 7 nitrogen and oxygen atoms in total. The zero-order valence-corrected chi connectivity index (χ0v) is 12.4. The Morgan fingerprint density at radius 2 is 1.75 bits per heavy atom. The van der Waals surface area contributed by atoms with Crippen LogP contribution >= 0.6 is 0 Å². The summed E-state index contributed by atoms with van der Waals surface area (Å²) in [6.45, 7) is 2.22. The van der Waals surface area contributed by atoms with Crippen molar-refractivity contribution < 1.29 is 19.5 Å². The maximum absolute atomic E-state index is 11.9. The number of carbonyl (C=O) groups is 3. The molecule has 0 aromatic heterocycles. The molecule has 20 heavy (non-hydrogen) atoms. The standard InChI is InChI=1S/C13H25N3O4/c1-10(17)14-8-5-4-6-11(16(2)3)13(20)15-9-7-12(18)19/h11H,4-9H2,1-3H3,(H,14,17)(H,15,20)(H,18,19)/i7+1,9+1,12+1,13+1,15+1. The molecular formula is C13H25N3O4. The first-order chi connectivity index (χ1) is 9.34. The van der Waals surface area contributed by atoms with Crippen molar-refractivity contribution in [3.63, 3.8) is 0 Å². The minimum atomic E-state index is -0.929. The van der Waals surface area contributed by atoms with Gasteiger partial charge in [0.2, 0.25) is 11.8 Å². The van der Waals surface area contributed by atoms with Crippen LogP contribution in [0.2, 0.25) is 0 Å². The van der Waals surface area contributed by atoms with Crippen LogP contribution in [0.5, 0.6) is 0 Å². The number of hydrogen-bond acceptors (Lipinski definition) is 4. The highest BCUT2D eigenvalue weighted by atomic mass is 16.5. The number of carboxylic acid groups (broad SMARTS) is 1. The predicted molar refractivity (Wildman–Crippen MR) is 75.3 cm³/mol. The van der Waals surface area contributed by atoms with E-state index in [4.69, 9.17) is 5.11 Å². The SMILES string of the molecule is CC(=O)NCCCCC([13C](=O)[15NH][13CH2][13CH2][13C](=O)O)N(C)C. The number of nitrogens with zero attached hydrogens (tertiary/aromatic N) is 1. The minimum absolute atomic E-state index is 0.0550. The molecule has 0 heterocycles. The number of carbonyl (C=O) groups excluding carboxylic acids is 2. The first-order valence-electron chi connectivity index (χ1n) is 6.75. The molecule has 0 aliphatic rings. The van der Waals surface area contributed by atoms with E-state index >= 15 is 0 Å². The normalized spacial score (nSPS) is 12.0. The summed E-state index contributed by atoms with van der Waals surface area (Å²) >= 11 is 0. The average Bonchev–Trinajstić information content (AvgIpc) is 2.32. The van der Waals surface area contributed by atoms with E-state index in [2.05, 4.69) is 10.6 Å². The van der Waals surface area contributed by atoms with Crippen molar-refractivity contribution in [2.45, 2.75) is 38.6 Å². The van der Waals surface area contributed by atoms with Gasteiger partial charge in [-0.05, 0) is 33.4 Å². The van der Waals surface area contributed by atoms with Crippen LogP contribution in [0.1, 0.15) is 32.6 Å². The molecular weight excluding hydrogens is 267 g/mol. The van der Waals surface area contributed by atoms with Crippen LogP contribution in [0.15, 0.2) is 0 Å². The summed E-state index contributed by atoms with van der Waals surface area (Å²) < 4.78 is 0. The van der Waals surface area contributed by atoms with Gasteiger partial charge in [0.05, 0.1) is 12.5 Å². The molecule has 2 amide bonds. The number of aliphatic carboxylic acids is 1. The first-order valence-corrected chi connectivity index (χ1v) is 6.75. The van der Waals surface area contributed by atoms with Gasteiger partial charge < -0.3 is 15.7 Å². The van der Waals surface area contributed by atoms with Crippen molar-refractivity contribution in [3.8, 4) is 0 Å². The lowest BCUT2D eigenvalue weighted by Gasteiger charge is -2.23. The summed E-state index contributed by atoms with van der Waals surface area (Å²) in [5.74, 6) is -1.14. The molecule has 0 aromatic rings. The molecule has 0 saturated heterocycles. The molecule has 0 saturated carbocycles. The van der Waals surface area contributed by atoms with Crippen LogP contribution in [0, 0.1) is 0 Å². The van der Waals surface area contributed by atoms with Gasteiger partial charge in [-0.1, -0.05) is 0 Å². The molecule has 0 fully saturated rings. The average molecular weight is 292 g/mol. The Balaban J connectivity index is 3.99. The molecule has 0 aliphatic carbocycles. The van der Waals surface area contributed by atoms with Gasteiger partial charge in [-0.2, -0.15) is 0 Å². The maximum Gasteiger partial charge on any atom is 0.305 e. The molecule has 7 heteroatoms. The van der Waals surface area contributed by atoms with Crippen molar-refractivity contribution in [3.05, 3.63) is 0 Å². The number of rotatable bonds is 10. The molecule has 0 bridgehead atoms. The highest BCUT2D eigenvalue weighted by Gasteiger charge is 2.19. The van der Waals surface area contributed by atoms with Crippen LogP contribution in [0.4, 0.5) is 0 Å². The summed E-state index contributed by atoms with van der Waals surface area (Å²) in [6, 6.07) is -0.277. The van der Waals surface area contributed by atoms with E-state index in [1.54, 1.807) is 0 Å². The largest absolute Gasteiger partial charge is 0.481 e. The second-order valence-electron chi connectivity index (χ2n) is 4.89. The molecule has 0 aliphatic heterocycles. The van der Waals surface area contributed by atoms with Gasteiger partial charge in [-0.15, -0.1) is 0 Å². The Morgan fingerprint density at radius 3 is 2.25 bits per heavy atom. The van der Waals surface area contributed by atoms with Crippen LogP contribution in [0.25, 0.3) is 0 Å². The zero-order valence-electron chi connectivity index (χ0n) is 12.4. The number of amides is 2. The van der Waals surface area contributed by atoms with Crippen LogP contribution in [-0.4, -0.2) is 61.0 Å². The fourth-order valence-corrected chi connectivity index (χ4v) is 1.76. The Morgan fingerprint density at radius 1 is 1.10 bits per heavy atom. The summed E-state index contributed by atoms with van der Waals surface area (Å²) in [6.07, 6.45) is 2.22. The van der Waals surface area contributed by atoms with E-state index in [1.807, 2.05) is 19.0 Å². The van der Waals surface area contributed by atoms with E-state index in [0.29, 0.717) is 13.0 Å². The van der Waals surface area contributed by atoms with Gasteiger partial charge in [-0.25, -0.2) is 0 Å². The fourth-order valence-electron chi connectivity index (χ4n) is 1.76. The number of nitrogens with one attached hydrogen (secondary N) is 2. The quantitative estimate of drug-likeness (QED) is 0.294. The Labute approximate surface area is 119 Å². The maximum atomic E-state index is 11.9. The third kappa shape index (κ3) is 9.32. The Kier molecular flexibility index (Phi) is 9.36. The minimum Gasteiger partial charge on any atom is -0.481 e. The summed E-state index contributed by atoms with van der Waals surface area (Å²) in [5, 5.41) is 13.9. The van der Waals surface area contributed by atoms with Crippen molar-refractivity contribution >= 4 is 17.8 Å². The Bertz CT molecular complexity index is 332. The molecule has 0 spiro atoms. The molecule has 116 valence electrons. The van der Waals surface area contributed by atoms with Crippen LogP contribution in [0.3, 0.4) is 0 Å². The van der Waals surface area contributed by atoms with E-state index in [0.717, 1.165) is 12.8 Å². The number of likely N-dealkylation sites (N-methyl/N-ethyl adjacent to an activating group) is 1. The van der Waals surface area contributed by atoms with Gasteiger partial charge >= 0.3 is 5.97 Å². The molecule has 1 unspecified atom stereocenters. The third-order valence-electron chi connectivity index (χ3n) is 2.84. The second kappa shape index (κ2) is 10.2. The van der Waals surface area contributed by atoms with Gasteiger partial charge in [0.15, 0.2) is 0 Å². The summed E-state index contributed by atoms with van der Waals surface area (Å²) in [7, 11) is 3.63. The van der Waals surface area contributed by atoms with Crippen LogP contribution < -0.4 is 10.6 Å². The molecule has 1 atom stereocenters. The summed E-state index contributed by atoms with van der Waals surface area (Å²) in [5.41, 5.74) is 0. The van der Waals surface area contributed by atoms with Crippen molar-refractivity contribution in [2.75, 3.05) is 27.2 Å². The number of carboxylic acids is 1. The molecule has 0 radical (unpaired) electrons. The predicted octanol–water partition coefficient (Wildman–Crippen LogP) is -0.186. The van der Waals surface area contributed by atoms with Crippen molar-refractivity contribution in [1.29, 1.82) is 0 Å². The lowest BCUT2D eigenvalue weighted by atomic mass is 10.1. The lowest BCUT2D eigenvalue weighted by Crippen LogP contribution is -2.44. The lowest BCUT2D eigenvalue weighted by molar-refractivity contribution is -0.137. The monoisotopic (exact) mass is 292 g/mol. The van der Waals surface area contributed by atoms with E-state index in [1.165, 1.54) is 6.92 Å². The van der Waals surface area contributed by atoms with Gasteiger partial charge in [0.25, 0.3) is 0 Å². The molecule has 0 aromatic carbocycles. The van der Waals surface area contributed by atoms with Crippen molar-refractivity contribution in [2.24, 2.45) is 0 Å². The van der Waals surface area contributed by atoms with E-state index in [9.17, 15) is 14.4 Å². The Hall–Kier alpha value is -1.63. The molecule has 0 rings (SSSR count).